The van der Waals surface area contributed by atoms with Gasteiger partial charge in [0.25, 0.3) is 11.8 Å². The number of aliphatic hydroxyl groups excluding tert-OH is 1. The van der Waals surface area contributed by atoms with Crippen LogP contribution in [0.1, 0.15) is 34.3 Å². The third-order valence-electron chi connectivity index (χ3n) is 7.09. The van der Waals surface area contributed by atoms with Gasteiger partial charge in [0.15, 0.2) is 11.4 Å². The number of rotatable bonds is 7. The minimum absolute atomic E-state index is 0.0712. The predicted octanol–water partition coefficient (Wildman–Crippen LogP) is 3.89. The average Bonchev–Trinajstić information content (AvgIpc) is 3.61. The zero-order valence-electron chi connectivity index (χ0n) is 20.7. The van der Waals surface area contributed by atoms with E-state index >= 15 is 8.78 Å². The predicted molar refractivity (Wildman–Crippen MR) is 135 cm³/mol. The molecular formula is C28H26F2N4O4. The van der Waals surface area contributed by atoms with Crippen LogP contribution in [0.2, 0.25) is 0 Å². The lowest BCUT2D eigenvalue weighted by Gasteiger charge is -2.35. The van der Waals surface area contributed by atoms with Crippen LogP contribution < -0.4 is 20.1 Å². The van der Waals surface area contributed by atoms with Crippen LogP contribution in [0.5, 0.6) is 11.6 Å². The zero-order chi connectivity index (χ0) is 26.9. The molecule has 1 aromatic heterocycles. The molecule has 38 heavy (non-hydrogen) atoms. The molecule has 3 N–H and O–H groups in total. The third-order valence-corrected chi connectivity index (χ3v) is 7.09. The van der Waals surface area contributed by atoms with Crippen molar-refractivity contribution in [3.63, 3.8) is 0 Å². The van der Waals surface area contributed by atoms with Gasteiger partial charge in [-0.25, -0.2) is 18.6 Å². The number of pyridine rings is 1. The minimum Gasteiger partial charge on any atom is -0.480 e. The van der Waals surface area contributed by atoms with Gasteiger partial charge in [0, 0.05) is 36.9 Å². The maximum Gasteiger partial charge on any atom is 0.253 e. The van der Waals surface area contributed by atoms with Crippen molar-refractivity contribution < 1.29 is 28.2 Å². The van der Waals surface area contributed by atoms with E-state index in [0.29, 0.717) is 5.56 Å². The van der Waals surface area contributed by atoms with E-state index in [2.05, 4.69) is 20.5 Å². The van der Waals surface area contributed by atoms with Crippen LogP contribution >= 0.6 is 0 Å². The number of benzene rings is 2. The zero-order valence-corrected chi connectivity index (χ0v) is 20.7. The van der Waals surface area contributed by atoms with Crippen LogP contribution in [-0.4, -0.2) is 48.8 Å². The Morgan fingerprint density at radius 3 is 2.79 bits per heavy atom. The van der Waals surface area contributed by atoms with Crippen molar-refractivity contribution in [2.75, 3.05) is 26.8 Å². The van der Waals surface area contributed by atoms with E-state index < -0.39 is 41.3 Å². The molecule has 0 unspecified atom stereocenters. The topological polar surface area (TPSA) is 97.1 Å². The van der Waals surface area contributed by atoms with Gasteiger partial charge in [-0.1, -0.05) is 30.3 Å². The van der Waals surface area contributed by atoms with Crippen molar-refractivity contribution in [1.29, 1.82) is 0 Å². The summed E-state index contributed by atoms with van der Waals surface area (Å²) in [5.41, 5.74) is -0.652. The fourth-order valence-electron chi connectivity index (χ4n) is 5.42. The smallest absolute Gasteiger partial charge is 0.253 e. The van der Waals surface area contributed by atoms with Gasteiger partial charge in [0.1, 0.15) is 18.2 Å². The largest absolute Gasteiger partial charge is 0.480 e. The number of amides is 1. The van der Waals surface area contributed by atoms with Gasteiger partial charge >= 0.3 is 0 Å². The van der Waals surface area contributed by atoms with Gasteiger partial charge in [0.2, 0.25) is 5.69 Å². The Morgan fingerprint density at radius 2 is 2.13 bits per heavy atom. The number of carbonyl (C=O) groups excluding carboxylic acids is 1. The maximum atomic E-state index is 16.0. The van der Waals surface area contributed by atoms with Crippen molar-refractivity contribution >= 4 is 11.6 Å². The maximum absolute atomic E-state index is 16.0. The first-order valence-electron chi connectivity index (χ1n) is 12.3. The molecule has 0 aliphatic carbocycles. The van der Waals surface area contributed by atoms with Gasteiger partial charge in [-0.15, -0.1) is 0 Å². The summed E-state index contributed by atoms with van der Waals surface area (Å²) in [5.74, 6) is -2.89. The first-order chi connectivity index (χ1) is 18.4. The molecule has 8 nitrogen and oxygen atoms in total. The van der Waals surface area contributed by atoms with E-state index in [1.165, 1.54) is 7.05 Å². The summed E-state index contributed by atoms with van der Waals surface area (Å²) in [6.07, 6.45) is 3.07. The van der Waals surface area contributed by atoms with Gasteiger partial charge in [-0.05, 0) is 30.5 Å². The molecule has 2 aliphatic heterocycles. The first-order valence-corrected chi connectivity index (χ1v) is 12.3. The van der Waals surface area contributed by atoms with Crippen LogP contribution in [0.3, 0.4) is 0 Å². The summed E-state index contributed by atoms with van der Waals surface area (Å²) >= 11 is 0. The number of aromatic nitrogens is 1. The Labute approximate surface area is 218 Å². The number of nitrogens with one attached hydrogen (secondary N) is 2. The Bertz CT molecular complexity index is 1420. The Morgan fingerprint density at radius 1 is 1.34 bits per heavy atom. The Kier molecular flexibility index (Phi) is 6.97. The second kappa shape index (κ2) is 10.4. The minimum atomic E-state index is -1.03. The number of fused-ring (bicyclic) bond motifs is 1. The SMILES string of the molecule is [C-]#[N+]c1c(F)cc2c(c1-c1c(C(=O)NC)cnc(OCCO)c1F)C[C@](c1ccccc1)([C@@H]1CCCN1)O2. The molecule has 2 aliphatic rings. The highest BCUT2D eigenvalue weighted by atomic mass is 19.1. The molecule has 196 valence electrons. The number of hydrogen-bond acceptors (Lipinski definition) is 6. The van der Waals surface area contributed by atoms with E-state index in [-0.39, 0.29) is 41.5 Å². The van der Waals surface area contributed by atoms with Crippen LogP contribution in [0.25, 0.3) is 16.0 Å². The van der Waals surface area contributed by atoms with Crippen LogP contribution in [-0.2, 0) is 12.0 Å². The molecule has 0 bridgehead atoms. The summed E-state index contributed by atoms with van der Waals surface area (Å²) in [6.45, 7) is 7.91. The lowest BCUT2D eigenvalue weighted by atomic mass is 9.80. The quantitative estimate of drug-likeness (QED) is 0.409. The fourth-order valence-corrected chi connectivity index (χ4v) is 5.42. The van der Waals surface area contributed by atoms with Crippen LogP contribution in [0.15, 0.2) is 42.6 Å². The van der Waals surface area contributed by atoms with Crippen molar-refractivity contribution in [1.82, 2.24) is 15.6 Å². The second-order valence-corrected chi connectivity index (χ2v) is 9.17. The van der Waals surface area contributed by atoms with E-state index in [0.717, 1.165) is 37.2 Å². The molecule has 3 heterocycles. The number of aliphatic hydroxyl groups is 1. The highest BCUT2D eigenvalue weighted by Gasteiger charge is 2.50. The molecule has 2 atom stereocenters. The molecule has 10 heteroatoms. The summed E-state index contributed by atoms with van der Waals surface area (Å²) in [6, 6.07) is 10.6. The average molecular weight is 521 g/mol. The van der Waals surface area contributed by atoms with Gasteiger partial charge in [-0.2, -0.15) is 0 Å². The van der Waals surface area contributed by atoms with E-state index in [4.69, 9.17) is 21.2 Å². The highest BCUT2D eigenvalue weighted by molar-refractivity contribution is 6.03. The first kappa shape index (κ1) is 25.6. The summed E-state index contributed by atoms with van der Waals surface area (Å²) in [5, 5.41) is 15.1. The molecule has 1 fully saturated rings. The molecule has 0 radical (unpaired) electrons. The molecule has 3 aromatic rings. The van der Waals surface area contributed by atoms with Crippen LogP contribution in [0.4, 0.5) is 14.5 Å². The van der Waals surface area contributed by atoms with Gasteiger partial charge in [-0.3, -0.25) is 4.79 Å². The van der Waals surface area contributed by atoms with Gasteiger partial charge in [0.05, 0.1) is 24.8 Å². The summed E-state index contributed by atoms with van der Waals surface area (Å²) in [4.78, 5) is 20.1. The number of carbonyl (C=O) groups is 1. The second-order valence-electron chi connectivity index (χ2n) is 9.17. The standard InChI is InChI=1S/C28H26F2N4O4/c1-31-25-19(29)13-20-17(14-28(38-20,21-9-6-10-33-21)16-7-4-3-5-8-16)23(25)22-18(26(36)32-2)15-34-27(24(22)30)37-12-11-35/h3-5,7-8,13,15,21,33,35H,6,9-12,14H2,2H3,(H,32,36)/t21-,28-/m0/s1. The summed E-state index contributed by atoms with van der Waals surface area (Å²) < 4.78 is 43.3. The highest BCUT2D eigenvalue weighted by Crippen LogP contribution is 2.53. The number of ether oxygens (including phenoxy) is 2. The Hall–Kier alpha value is -4.07. The van der Waals surface area contributed by atoms with Crippen molar-refractivity contribution in [2.24, 2.45) is 0 Å². The molecular weight excluding hydrogens is 494 g/mol. The van der Waals surface area contributed by atoms with Crippen molar-refractivity contribution in [3.05, 3.63) is 82.3 Å². The van der Waals surface area contributed by atoms with E-state index in [9.17, 15) is 4.79 Å². The van der Waals surface area contributed by atoms with Crippen molar-refractivity contribution in [2.45, 2.75) is 30.9 Å². The fraction of sp³-hybridized carbons (Fsp3) is 0.321. The number of halogens is 2. The summed E-state index contributed by atoms with van der Waals surface area (Å²) in [7, 11) is 1.38. The molecule has 2 aromatic carbocycles. The van der Waals surface area contributed by atoms with Crippen LogP contribution in [0, 0.1) is 18.2 Å². The van der Waals surface area contributed by atoms with Gasteiger partial charge < -0.3 is 25.2 Å². The Balaban J connectivity index is 1.78. The molecule has 0 spiro atoms. The van der Waals surface area contributed by atoms with E-state index in [1.54, 1.807) is 0 Å². The molecule has 0 saturated carbocycles. The normalized spacial score (nSPS) is 19.9. The molecule has 5 rings (SSSR count). The van der Waals surface area contributed by atoms with E-state index in [1.807, 2.05) is 30.3 Å². The third kappa shape index (κ3) is 4.14. The molecule has 1 amide bonds. The number of nitrogens with zero attached hydrogens (tertiary/aromatic N) is 2. The number of hydrogen-bond donors (Lipinski definition) is 3. The lowest BCUT2D eigenvalue weighted by Crippen LogP contribution is -2.48. The van der Waals surface area contributed by atoms with Crippen molar-refractivity contribution in [3.8, 4) is 22.8 Å². The monoisotopic (exact) mass is 520 g/mol. The molecule has 1 saturated heterocycles. The lowest BCUT2D eigenvalue weighted by molar-refractivity contribution is 0.0539.